The molecular formula is C8H14N2O2. The highest BCUT2D eigenvalue weighted by Crippen LogP contribution is 2.11. The van der Waals surface area contributed by atoms with Crippen molar-refractivity contribution in [2.45, 2.75) is 32.2 Å². The number of amides is 2. The van der Waals surface area contributed by atoms with Gasteiger partial charge in [-0.3, -0.25) is 14.5 Å². The third-order valence-electron chi connectivity index (χ3n) is 2.10. The summed E-state index contributed by atoms with van der Waals surface area (Å²) in [5.74, 6) is -0.159. The van der Waals surface area contributed by atoms with Crippen molar-refractivity contribution in [1.82, 2.24) is 4.90 Å². The Morgan fingerprint density at radius 3 is 2.33 bits per heavy atom. The first kappa shape index (κ1) is 9.19. The van der Waals surface area contributed by atoms with Gasteiger partial charge >= 0.3 is 0 Å². The van der Waals surface area contributed by atoms with Crippen LogP contribution in [0.5, 0.6) is 0 Å². The van der Waals surface area contributed by atoms with E-state index in [4.69, 9.17) is 5.73 Å². The summed E-state index contributed by atoms with van der Waals surface area (Å²) in [6, 6.07) is -0.0731. The molecule has 0 saturated carbocycles. The molecule has 12 heavy (non-hydrogen) atoms. The Morgan fingerprint density at radius 1 is 1.42 bits per heavy atom. The van der Waals surface area contributed by atoms with Gasteiger partial charge in [0, 0.05) is 25.4 Å². The van der Waals surface area contributed by atoms with Gasteiger partial charge in [0.1, 0.15) is 0 Å². The quantitative estimate of drug-likeness (QED) is 0.600. The van der Waals surface area contributed by atoms with Gasteiger partial charge in [0.15, 0.2) is 0 Å². The SMILES string of the molecule is CC[C@H](N)CN1C(=O)CCC1=O. The molecule has 4 nitrogen and oxygen atoms in total. The molecule has 1 rings (SSSR count). The van der Waals surface area contributed by atoms with Crippen LogP contribution in [0.2, 0.25) is 0 Å². The first-order chi connectivity index (χ1) is 5.65. The second kappa shape index (κ2) is 3.67. The molecule has 0 aromatic rings. The molecule has 2 N–H and O–H groups in total. The van der Waals surface area contributed by atoms with Crippen molar-refractivity contribution in [3.05, 3.63) is 0 Å². The summed E-state index contributed by atoms with van der Waals surface area (Å²) >= 11 is 0. The summed E-state index contributed by atoms with van der Waals surface area (Å²) in [7, 11) is 0. The standard InChI is InChI=1S/C8H14N2O2/c1-2-6(9)5-10-7(11)3-4-8(10)12/h6H,2-5,9H2,1H3/t6-/m0/s1. The second-order valence-electron chi connectivity index (χ2n) is 3.07. The predicted molar refractivity (Wildman–Crippen MR) is 44.2 cm³/mol. The van der Waals surface area contributed by atoms with Crippen molar-refractivity contribution < 1.29 is 9.59 Å². The van der Waals surface area contributed by atoms with Crippen LogP contribution < -0.4 is 5.73 Å². The highest BCUT2D eigenvalue weighted by Gasteiger charge is 2.29. The number of carbonyl (C=O) groups is 2. The van der Waals surface area contributed by atoms with E-state index in [1.807, 2.05) is 6.92 Å². The Morgan fingerprint density at radius 2 is 1.92 bits per heavy atom. The average molecular weight is 170 g/mol. The molecule has 0 unspecified atom stereocenters. The van der Waals surface area contributed by atoms with Gasteiger partial charge in [-0.2, -0.15) is 0 Å². The van der Waals surface area contributed by atoms with E-state index in [2.05, 4.69) is 0 Å². The Bertz CT molecular complexity index is 187. The first-order valence-electron chi connectivity index (χ1n) is 4.24. The van der Waals surface area contributed by atoms with Crippen LogP contribution in [0.4, 0.5) is 0 Å². The Labute approximate surface area is 71.7 Å². The molecular weight excluding hydrogens is 156 g/mol. The lowest BCUT2D eigenvalue weighted by atomic mass is 10.2. The summed E-state index contributed by atoms with van der Waals surface area (Å²) in [5.41, 5.74) is 5.63. The highest BCUT2D eigenvalue weighted by molar-refractivity contribution is 6.01. The van der Waals surface area contributed by atoms with Gasteiger partial charge in [-0.15, -0.1) is 0 Å². The van der Waals surface area contributed by atoms with E-state index < -0.39 is 0 Å². The van der Waals surface area contributed by atoms with Crippen molar-refractivity contribution in [1.29, 1.82) is 0 Å². The van der Waals surface area contributed by atoms with Crippen molar-refractivity contribution in [3.63, 3.8) is 0 Å². The molecule has 0 aliphatic carbocycles. The third-order valence-corrected chi connectivity index (χ3v) is 2.10. The molecule has 2 amide bonds. The van der Waals surface area contributed by atoms with Crippen LogP contribution in [-0.2, 0) is 9.59 Å². The van der Waals surface area contributed by atoms with Gasteiger partial charge in [-0.05, 0) is 6.42 Å². The molecule has 1 fully saturated rings. The van der Waals surface area contributed by atoms with E-state index in [1.165, 1.54) is 4.90 Å². The van der Waals surface area contributed by atoms with E-state index in [9.17, 15) is 9.59 Å². The minimum absolute atomic E-state index is 0.0731. The van der Waals surface area contributed by atoms with Crippen LogP contribution in [0.3, 0.4) is 0 Å². The molecule has 1 heterocycles. The normalized spacial score (nSPS) is 20.3. The third kappa shape index (κ3) is 1.82. The van der Waals surface area contributed by atoms with Gasteiger partial charge in [-0.25, -0.2) is 0 Å². The average Bonchev–Trinajstić information content (AvgIpc) is 2.35. The lowest BCUT2D eigenvalue weighted by molar-refractivity contribution is -0.138. The van der Waals surface area contributed by atoms with Crippen LogP contribution in [0.25, 0.3) is 0 Å². The van der Waals surface area contributed by atoms with Crippen LogP contribution in [0.1, 0.15) is 26.2 Å². The molecule has 0 aromatic heterocycles. The maximum absolute atomic E-state index is 11.1. The monoisotopic (exact) mass is 170 g/mol. The smallest absolute Gasteiger partial charge is 0.229 e. The summed E-state index contributed by atoms with van der Waals surface area (Å²) in [6.45, 7) is 2.32. The number of hydrogen-bond acceptors (Lipinski definition) is 3. The van der Waals surface area contributed by atoms with Crippen molar-refractivity contribution >= 4 is 11.8 Å². The number of nitrogens with zero attached hydrogens (tertiary/aromatic N) is 1. The molecule has 1 saturated heterocycles. The van der Waals surface area contributed by atoms with Gasteiger partial charge < -0.3 is 5.73 Å². The van der Waals surface area contributed by atoms with Crippen molar-refractivity contribution in [2.24, 2.45) is 5.73 Å². The lowest BCUT2D eigenvalue weighted by Gasteiger charge is -2.17. The first-order valence-corrected chi connectivity index (χ1v) is 4.24. The number of nitrogens with two attached hydrogens (primary N) is 1. The van der Waals surface area contributed by atoms with E-state index in [1.54, 1.807) is 0 Å². The molecule has 0 radical (unpaired) electrons. The molecule has 4 heteroatoms. The lowest BCUT2D eigenvalue weighted by Crippen LogP contribution is -2.40. The van der Waals surface area contributed by atoms with E-state index in [0.717, 1.165) is 6.42 Å². The van der Waals surface area contributed by atoms with Crippen LogP contribution in [0, 0.1) is 0 Å². The molecule has 0 bridgehead atoms. The van der Waals surface area contributed by atoms with E-state index in [-0.39, 0.29) is 17.9 Å². The fourth-order valence-electron chi connectivity index (χ4n) is 1.19. The zero-order valence-corrected chi connectivity index (χ0v) is 7.25. The van der Waals surface area contributed by atoms with E-state index >= 15 is 0 Å². The zero-order chi connectivity index (χ0) is 9.14. The number of carbonyl (C=O) groups excluding carboxylic acids is 2. The fourth-order valence-corrected chi connectivity index (χ4v) is 1.19. The van der Waals surface area contributed by atoms with E-state index in [0.29, 0.717) is 19.4 Å². The zero-order valence-electron chi connectivity index (χ0n) is 7.25. The number of likely N-dealkylation sites (tertiary alicyclic amines) is 1. The van der Waals surface area contributed by atoms with Crippen LogP contribution in [-0.4, -0.2) is 29.3 Å². The van der Waals surface area contributed by atoms with Crippen LogP contribution in [0.15, 0.2) is 0 Å². The molecule has 0 spiro atoms. The van der Waals surface area contributed by atoms with Crippen molar-refractivity contribution in [3.8, 4) is 0 Å². The predicted octanol–water partition coefficient (Wildman–Crippen LogP) is -0.127. The summed E-state index contributed by atoms with van der Waals surface area (Å²) in [5, 5.41) is 0. The molecule has 1 atom stereocenters. The minimum atomic E-state index is -0.0797. The highest BCUT2D eigenvalue weighted by atomic mass is 16.2. The van der Waals surface area contributed by atoms with Gasteiger partial charge in [0.25, 0.3) is 0 Å². The van der Waals surface area contributed by atoms with Gasteiger partial charge in [0.2, 0.25) is 11.8 Å². The Kier molecular flexibility index (Phi) is 2.81. The number of imide groups is 1. The summed E-state index contributed by atoms with van der Waals surface area (Å²) < 4.78 is 0. The molecule has 68 valence electrons. The minimum Gasteiger partial charge on any atom is -0.326 e. The Balaban J connectivity index is 2.50. The van der Waals surface area contributed by atoms with Crippen LogP contribution >= 0.6 is 0 Å². The second-order valence-corrected chi connectivity index (χ2v) is 3.07. The molecule has 1 aliphatic rings. The largest absolute Gasteiger partial charge is 0.326 e. The Hall–Kier alpha value is -0.900. The maximum atomic E-state index is 11.1. The number of hydrogen-bond donors (Lipinski definition) is 1. The van der Waals surface area contributed by atoms with Gasteiger partial charge in [-0.1, -0.05) is 6.92 Å². The fraction of sp³-hybridized carbons (Fsp3) is 0.750. The number of rotatable bonds is 3. The van der Waals surface area contributed by atoms with Gasteiger partial charge in [0.05, 0.1) is 0 Å². The summed E-state index contributed by atoms with van der Waals surface area (Å²) in [4.78, 5) is 23.4. The van der Waals surface area contributed by atoms with Crippen molar-refractivity contribution in [2.75, 3.05) is 6.54 Å². The maximum Gasteiger partial charge on any atom is 0.229 e. The summed E-state index contributed by atoms with van der Waals surface area (Å²) in [6.07, 6.45) is 1.50. The topological polar surface area (TPSA) is 63.4 Å². The molecule has 1 aliphatic heterocycles. The molecule has 0 aromatic carbocycles.